The van der Waals surface area contributed by atoms with Crippen LogP contribution in [0.15, 0.2) is 51.6 Å². The Morgan fingerprint density at radius 3 is 2.51 bits per heavy atom. The number of amidine groups is 1. The van der Waals surface area contributed by atoms with E-state index in [1.165, 1.54) is 11.8 Å². The first-order valence-corrected chi connectivity index (χ1v) is 14.2. The second kappa shape index (κ2) is 11.9. The molecule has 0 spiro atoms. The van der Waals surface area contributed by atoms with Gasteiger partial charge in [-0.3, -0.25) is 9.59 Å². The fraction of sp³-hybridized carbons (Fsp3) is 0.517. The summed E-state index contributed by atoms with van der Waals surface area (Å²) in [5.74, 6) is -0.377. The van der Waals surface area contributed by atoms with Crippen LogP contribution in [0.2, 0.25) is 0 Å². The molecule has 0 N–H and O–H groups in total. The van der Waals surface area contributed by atoms with Gasteiger partial charge < -0.3 is 24.0 Å². The first kappa shape index (κ1) is 28.7. The number of aliphatic imine (C=N–C) groups is 1. The van der Waals surface area contributed by atoms with Gasteiger partial charge in [-0.15, -0.1) is 0 Å². The van der Waals surface area contributed by atoms with E-state index in [1.807, 2.05) is 62.3 Å². The molecule has 3 heterocycles. The summed E-state index contributed by atoms with van der Waals surface area (Å²) in [4.78, 5) is 47.7. The van der Waals surface area contributed by atoms with Gasteiger partial charge in [-0.05, 0) is 70.6 Å². The van der Waals surface area contributed by atoms with Gasteiger partial charge in [0, 0.05) is 18.8 Å². The molecule has 3 aliphatic rings. The van der Waals surface area contributed by atoms with Crippen molar-refractivity contribution in [3.05, 3.63) is 52.2 Å². The third-order valence-corrected chi connectivity index (χ3v) is 7.67. The number of rotatable bonds is 7. The third kappa shape index (κ3) is 6.49. The molecule has 9 nitrogen and oxygen atoms in total. The molecule has 0 aliphatic carbocycles. The maximum atomic E-state index is 13.5. The van der Waals surface area contributed by atoms with Gasteiger partial charge in [0.05, 0.1) is 43.4 Å². The fourth-order valence-corrected chi connectivity index (χ4v) is 5.95. The second-order valence-electron chi connectivity index (χ2n) is 10.8. The van der Waals surface area contributed by atoms with Crippen molar-refractivity contribution in [3.8, 4) is 5.75 Å². The molecule has 10 heteroatoms. The molecule has 1 fully saturated rings. The molecule has 1 aromatic rings. The normalized spacial score (nSPS) is 21.2. The number of piperidine rings is 1. The molecule has 0 bridgehead atoms. The molecule has 2 atom stereocenters. The lowest BCUT2D eigenvalue weighted by Gasteiger charge is -2.38. The van der Waals surface area contributed by atoms with E-state index < -0.39 is 17.6 Å². The van der Waals surface area contributed by atoms with Gasteiger partial charge in [0.25, 0.3) is 0 Å². The Labute approximate surface area is 234 Å². The van der Waals surface area contributed by atoms with Gasteiger partial charge in [0.15, 0.2) is 5.17 Å². The predicted molar refractivity (Wildman–Crippen MR) is 150 cm³/mol. The molecule has 39 heavy (non-hydrogen) atoms. The van der Waals surface area contributed by atoms with Crippen LogP contribution in [0.1, 0.15) is 65.5 Å². The molecular weight excluding hydrogens is 518 g/mol. The first-order valence-electron chi connectivity index (χ1n) is 13.3. The van der Waals surface area contributed by atoms with Crippen LogP contribution in [-0.2, 0) is 23.9 Å². The highest BCUT2D eigenvalue weighted by molar-refractivity contribution is 8.16. The maximum Gasteiger partial charge on any atom is 0.338 e. The Morgan fingerprint density at radius 1 is 1.15 bits per heavy atom. The lowest BCUT2D eigenvalue weighted by Crippen LogP contribution is -2.44. The number of thioether (sulfide) groups is 1. The minimum Gasteiger partial charge on any atom is -0.497 e. The zero-order valence-electron chi connectivity index (χ0n) is 23.5. The third-order valence-electron chi connectivity index (χ3n) is 6.78. The average Bonchev–Trinajstić information content (AvgIpc) is 3.28. The van der Waals surface area contributed by atoms with E-state index in [2.05, 4.69) is 0 Å². The molecule has 3 aliphatic heterocycles. The average molecular weight is 556 g/mol. The summed E-state index contributed by atoms with van der Waals surface area (Å²) in [7, 11) is 1.60. The minimum absolute atomic E-state index is 0.0735. The van der Waals surface area contributed by atoms with Crippen LogP contribution < -0.4 is 4.74 Å². The summed E-state index contributed by atoms with van der Waals surface area (Å²) < 4.78 is 16.3. The number of esters is 2. The van der Waals surface area contributed by atoms with E-state index in [4.69, 9.17) is 19.2 Å². The highest BCUT2D eigenvalue weighted by Crippen LogP contribution is 2.45. The Kier molecular flexibility index (Phi) is 8.73. The van der Waals surface area contributed by atoms with Crippen molar-refractivity contribution in [1.82, 2.24) is 9.80 Å². The van der Waals surface area contributed by atoms with Crippen LogP contribution in [0.25, 0.3) is 0 Å². The van der Waals surface area contributed by atoms with Crippen LogP contribution in [0.4, 0.5) is 0 Å². The lowest BCUT2D eigenvalue weighted by molar-refractivity contribution is -0.152. The Bertz CT molecular complexity index is 1210. The van der Waals surface area contributed by atoms with Crippen molar-refractivity contribution in [1.29, 1.82) is 0 Å². The fourth-order valence-electron chi connectivity index (χ4n) is 4.99. The van der Waals surface area contributed by atoms with Gasteiger partial charge >= 0.3 is 11.9 Å². The number of allylic oxidation sites excluding steroid dienone is 1. The number of carbonyl (C=O) groups is 3. The van der Waals surface area contributed by atoms with Crippen molar-refractivity contribution in [2.45, 2.75) is 65.5 Å². The molecule has 0 saturated carbocycles. The van der Waals surface area contributed by atoms with E-state index in [0.717, 1.165) is 17.7 Å². The zero-order chi connectivity index (χ0) is 28.3. The number of benzene rings is 1. The number of nitrogens with zero attached hydrogens (tertiary/aromatic N) is 3. The number of hydrogen-bond acceptors (Lipinski definition) is 9. The highest BCUT2D eigenvalue weighted by Gasteiger charge is 2.42. The number of amides is 1. The van der Waals surface area contributed by atoms with E-state index in [0.29, 0.717) is 48.3 Å². The number of methoxy groups -OCH3 is 1. The largest absolute Gasteiger partial charge is 0.497 e. The van der Waals surface area contributed by atoms with Gasteiger partial charge in [0.1, 0.15) is 11.4 Å². The monoisotopic (exact) mass is 555 g/mol. The van der Waals surface area contributed by atoms with Crippen LogP contribution in [0, 0.1) is 5.92 Å². The van der Waals surface area contributed by atoms with E-state index in [1.54, 1.807) is 18.9 Å². The lowest BCUT2D eigenvalue weighted by atomic mass is 9.93. The summed E-state index contributed by atoms with van der Waals surface area (Å²) in [6.07, 6.45) is 1.58. The molecule has 1 amide bonds. The van der Waals surface area contributed by atoms with Crippen LogP contribution in [0.5, 0.6) is 5.75 Å². The zero-order valence-corrected chi connectivity index (χ0v) is 24.3. The van der Waals surface area contributed by atoms with Gasteiger partial charge in [-0.1, -0.05) is 23.9 Å². The standard InChI is InChI=1S/C29H37N3O6S/c1-7-37-26(34)20-9-8-14-31(16-20)23(33)15-21-17-39-28-30-18(2)24(27(35)38-29(3,4)5)25(32(21)28)19-10-12-22(36-6)13-11-19/h10-13,17,20,25H,7-9,14-16H2,1-6H3. The van der Waals surface area contributed by atoms with Gasteiger partial charge in [-0.25, -0.2) is 9.79 Å². The van der Waals surface area contributed by atoms with Gasteiger partial charge in [-0.2, -0.15) is 0 Å². The first-order chi connectivity index (χ1) is 18.5. The van der Waals surface area contributed by atoms with Crippen LogP contribution in [-0.4, -0.2) is 65.2 Å². The molecular formula is C29H37N3O6S. The van der Waals surface area contributed by atoms with Crippen molar-refractivity contribution in [2.75, 3.05) is 26.8 Å². The van der Waals surface area contributed by atoms with Crippen molar-refractivity contribution < 1.29 is 28.6 Å². The Morgan fingerprint density at radius 2 is 1.87 bits per heavy atom. The predicted octanol–water partition coefficient (Wildman–Crippen LogP) is 4.80. The Hall–Kier alpha value is -3.27. The summed E-state index contributed by atoms with van der Waals surface area (Å²) >= 11 is 1.43. The number of hydrogen-bond donors (Lipinski definition) is 0. The molecule has 1 aromatic carbocycles. The molecule has 210 valence electrons. The van der Waals surface area contributed by atoms with Crippen LogP contribution >= 0.6 is 11.8 Å². The molecule has 0 radical (unpaired) electrons. The topological polar surface area (TPSA) is 97.7 Å². The van der Waals surface area contributed by atoms with E-state index in [9.17, 15) is 14.4 Å². The highest BCUT2D eigenvalue weighted by atomic mass is 32.2. The molecule has 0 aromatic heterocycles. The number of ether oxygens (including phenoxy) is 3. The number of carbonyl (C=O) groups excluding carboxylic acids is 3. The maximum absolute atomic E-state index is 13.5. The van der Waals surface area contributed by atoms with Gasteiger partial charge in [0.2, 0.25) is 5.91 Å². The Balaban J connectivity index is 1.63. The van der Waals surface area contributed by atoms with E-state index in [-0.39, 0.29) is 24.2 Å². The minimum atomic E-state index is -0.684. The van der Waals surface area contributed by atoms with Crippen LogP contribution in [0.3, 0.4) is 0 Å². The van der Waals surface area contributed by atoms with Crippen molar-refractivity contribution in [3.63, 3.8) is 0 Å². The second-order valence-corrected chi connectivity index (χ2v) is 11.6. The van der Waals surface area contributed by atoms with Crippen molar-refractivity contribution >= 4 is 34.8 Å². The number of likely N-dealkylation sites (tertiary alicyclic amines) is 1. The summed E-state index contributed by atoms with van der Waals surface area (Å²) in [5, 5.41) is 2.62. The van der Waals surface area contributed by atoms with Crippen molar-refractivity contribution in [2.24, 2.45) is 10.9 Å². The number of fused-ring (bicyclic) bond motifs is 1. The SMILES string of the molecule is CCOC(=O)C1CCCN(C(=O)CC2=CSC3=NC(C)=C(C(=O)OC(C)(C)C)C(c4ccc(OC)cc4)N23)C1. The molecule has 2 unspecified atom stereocenters. The van der Waals surface area contributed by atoms with E-state index >= 15 is 0 Å². The summed E-state index contributed by atoms with van der Waals surface area (Å²) in [6, 6.07) is 7.01. The smallest absolute Gasteiger partial charge is 0.338 e. The summed E-state index contributed by atoms with van der Waals surface area (Å²) in [6.45, 7) is 10.4. The quantitative estimate of drug-likeness (QED) is 0.443. The molecule has 1 saturated heterocycles. The summed E-state index contributed by atoms with van der Waals surface area (Å²) in [5.41, 5.74) is 1.93. The molecule has 4 rings (SSSR count).